The summed E-state index contributed by atoms with van der Waals surface area (Å²) in [6.45, 7) is 6.76. The summed E-state index contributed by atoms with van der Waals surface area (Å²) in [5, 5.41) is 12.6. The van der Waals surface area contributed by atoms with Crippen molar-refractivity contribution in [1.82, 2.24) is 14.9 Å². The first-order chi connectivity index (χ1) is 10.5. The number of fused-ring (bicyclic) bond motifs is 1. The minimum atomic E-state index is 0.174. The minimum absolute atomic E-state index is 0.174. The molecule has 0 saturated carbocycles. The topological polar surface area (TPSA) is 64.8 Å². The molecule has 118 valence electrons. The Morgan fingerprint density at radius 1 is 1.55 bits per heavy atom. The van der Waals surface area contributed by atoms with E-state index in [4.69, 9.17) is 16.9 Å². The first-order valence-corrected chi connectivity index (χ1v) is 8.30. The highest BCUT2D eigenvalue weighted by Crippen LogP contribution is 2.40. The van der Waals surface area contributed by atoms with Crippen molar-refractivity contribution in [2.24, 2.45) is 5.92 Å². The summed E-state index contributed by atoms with van der Waals surface area (Å²) in [5.74, 6) is 1.14. The van der Waals surface area contributed by atoms with Crippen LogP contribution in [0.4, 0.5) is 5.82 Å². The van der Waals surface area contributed by atoms with E-state index in [2.05, 4.69) is 40.1 Å². The van der Waals surface area contributed by atoms with Crippen LogP contribution in [0.25, 0.3) is 0 Å². The van der Waals surface area contributed by atoms with E-state index in [1.54, 1.807) is 0 Å². The van der Waals surface area contributed by atoms with Crippen molar-refractivity contribution in [2.75, 3.05) is 18.4 Å². The molecule has 2 fully saturated rings. The largest absolute Gasteiger partial charge is 0.369 e. The standard InChI is InChI=1S/C16H22ClN5/c1-16(2)7-11(6-13-4-3-5-22(13)16)9-19-14-12(8-18)10-20-15(17)21-14/h10-11,13H,3-7,9H2,1-2H3,(H,19,20,21). The Labute approximate surface area is 136 Å². The molecule has 2 aliphatic rings. The molecule has 0 radical (unpaired) electrons. The number of halogens is 1. The molecular weight excluding hydrogens is 298 g/mol. The van der Waals surface area contributed by atoms with Gasteiger partial charge in [0.25, 0.3) is 0 Å². The molecule has 0 aliphatic carbocycles. The summed E-state index contributed by atoms with van der Waals surface area (Å²) >= 11 is 5.84. The molecule has 0 spiro atoms. The van der Waals surface area contributed by atoms with E-state index in [-0.39, 0.29) is 10.8 Å². The molecule has 1 N–H and O–H groups in total. The molecule has 2 aliphatic heterocycles. The van der Waals surface area contributed by atoms with Crippen LogP contribution in [0.3, 0.4) is 0 Å². The summed E-state index contributed by atoms with van der Waals surface area (Å²) < 4.78 is 0. The zero-order valence-corrected chi connectivity index (χ0v) is 13.9. The zero-order chi connectivity index (χ0) is 15.7. The van der Waals surface area contributed by atoms with Gasteiger partial charge in [0, 0.05) is 18.1 Å². The van der Waals surface area contributed by atoms with Crippen LogP contribution in [0.2, 0.25) is 5.28 Å². The Morgan fingerprint density at radius 2 is 2.36 bits per heavy atom. The number of nitrogens with one attached hydrogen (secondary N) is 1. The van der Waals surface area contributed by atoms with Crippen molar-refractivity contribution in [3.8, 4) is 6.07 Å². The van der Waals surface area contributed by atoms with E-state index in [1.807, 2.05) is 0 Å². The second-order valence-electron chi connectivity index (χ2n) is 7.00. The van der Waals surface area contributed by atoms with Crippen LogP contribution in [-0.2, 0) is 0 Å². The van der Waals surface area contributed by atoms with E-state index >= 15 is 0 Å². The predicted octanol–water partition coefficient (Wildman–Crippen LogP) is 3.07. The van der Waals surface area contributed by atoms with E-state index in [0.29, 0.717) is 23.3 Å². The molecule has 2 saturated heterocycles. The highest BCUT2D eigenvalue weighted by Gasteiger charge is 2.42. The third-order valence-electron chi connectivity index (χ3n) is 4.99. The third kappa shape index (κ3) is 3.04. The predicted molar refractivity (Wildman–Crippen MR) is 86.8 cm³/mol. The average molecular weight is 320 g/mol. The van der Waals surface area contributed by atoms with Crippen LogP contribution in [0.1, 0.15) is 45.1 Å². The molecule has 0 bridgehead atoms. The minimum Gasteiger partial charge on any atom is -0.369 e. The molecule has 0 amide bonds. The molecule has 6 heteroatoms. The number of nitriles is 1. The number of aromatic nitrogens is 2. The quantitative estimate of drug-likeness (QED) is 0.867. The van der Waals surface area contributed by atoms with Crippen LogP contribution < -0.4 is 5.32 Å². The second-order valence-corrected chi connectivity index (χ2v) is 7.34. The van der Waals surface area contributed by atoms with Crippen LogP contribution >= 0.6 is 11.6 Å². The van der Waals surface area contributed by atoms with Crippen LogP contribution in [0.15, 0.2) is 6.20 Å². The lowest BCUT2D eigenvalue weighted by Crippen LogP contribution is -2.53. The monoisotopic (exact) mass is 319 g/mol. The van der Waals surface area contributed by atoms with Gasteiger partial charge < -0.3 is 5.32 Å². The molecule has 22 heavy (non-hydrogen) atoms. The summed E-state index contributed by atoms with van der Waals surface area (Å²) in [7, 11) is 0. The maximum absolute atomic E-state index is 9.13. The molecule has 3 rings (SSSR count). The van der Waals surface area contributed by atoms with Crippen molar-refractivity contribution >= 4 is 17.4 Å². The smallest absolute Gasteiger partial charge is 0.224 e. The number of rotatable bonds is 3. The van der Waals surface area contributed by atoms with Gasteiger partial charge in [0.1, 0.15) is 17.5 Å². The van der Waals surface area contributed by atoms with Crippen molar-refractivity contribution in [3.05, 3.63) is 17.0 Å². The molecule has 1 aromatic heterocycles. The van der Waals surface area contributed by atoms with Crippen molar-refractivity contribution in [1.29, 1.82) is 5.26 Å². The van der Waals surface area contributed by atoms with Crippen molar-refractivity contribution in [3.63, 3.8) is 0 Å². The van der Waals surface area contributed by atoms with Gasteiger partial charge in [0.05, 0.1) is 6.20 Å². The number of anilines is 1. The van der Waals surface area contributed by atoms with Gasteiger partial charge in [0.2, 0.25) is 5.28 Å². The van der Waals surface area contributed by atoms with Crippen molar-refractivity contribution < 1.29 is 0 Å². The van der Waals surface area contributed by atoms with Gasteiger partial charge in [0.15, 0.2) is 0 Å². The Kier molecular flexibility index (Phi) is 4.24. The van der Waals surface area contributed by atoms with Gasteiger partial charge in [-0.05, 0) is 63.6 Å². The van der Waals surface area contributed by atoms with Gasteiger partial charge in [-0.25, -0.2) is 4.98 Å². The van der Waals surface area contributed by atoms with Crippen molar-refractivity contribution in [2.45, 2.75) is 51.1 Å². The summed E-state index contributed by atoms with van der Waals surface area (Å²) in [6.07, 6.45) is 6.48. The molecule has 2 atom stereocenters. The fourth-order valence-corrected chi connectivity index (χ4v) is 4.28. The molecule has 3 heterocycles. The number of hydrogen-bond acceptors (Lipinski definition) is 5. The van der Waals surface area contributed by atoms with Gasteiger partial charge in [-0.1, -0.05) is 0 Å². The Hall–Kier alpha value is -1.38. The SMILES string of the molecule is CC1(C)CC(CNc2nc(Cl)ncc2C#N)CC2CCCN21. The van der Waals surface area contributed by atoms with Crippen LogP contribution in [-0.4, -0.2) is 39.5 Å². The van der Waals surface area contributed by atoms with Gasteiger partial charge >= 0.3 is 0 Å². The molecule has 0 aromatic carbocycles. The first kappa shape index (κ1) is 15.5. The Balaban J connectivity index is 1.67. The van der Waals surface area contributed by atoms with Gasteiger partial charge in [-0.3, -0.25) is 4.90 Å². The van der Waals surface area contributed by atoms with Crippen LogP contribution in [0.5, 0.6) is 0 Å². The number of hydrogen-bond donors (Lipinski definition) is 1. The molecule has 1 aromatic rings. The number of piperidine rings is 1. The average Bonchev–Trinajstić information content (AvgIpc) is 2.94. The lowest BCUT2D eigenvalue weighted by atomic mass is 9.79. The van der Waals surface area contributed by atoms with Crippen LogP contribution in [0, 0.1) is 17.2 Å². The number of nitrogens with zero attached hydrogens (tertiary/aromatic N) is 4. The van der Waals surface area contributed by atoms with E-state index in [9.17, 15) is 0 Å². The fourth-order valence-electron chi connectivity index (χ4n) is 4.14. The van der Waals surface area contributed by atoms with E-state index < -0.39 is 0 Å². The zero-order valence-electron chi connectivity index (χ0n) is 13.1. The highest BCUT2D eigenvalue weighted by molar-refractivity contribution is 6.28. The first-order valence-electron chi connectivity index (χ1n) is 7.93. The lowest BCUT2D eigenvalue weighted by molar-refractivity contribution is 0.0288. The van der Waals surface area contributed by atoms with Gasteiger partial charge in [-0.2, -0.15) is 10.2 Å². The maximum atomic E-state index is 9.13. The second kappa shape index (κ2) is 6.02. The normalized spacial score (nSPS) is 27.2. The molecule has 2 unspecified atom stereocenters. The summed E-state index contributed by atoms with van der Waals surface area (Å²) in [4.78, 5) is 10.7. The van der Waals surface area contributed by atoms with E-state index in [1.165, 1.54) is 32.0 Å². The van der Waals surface area contributed by atoms with E-state index in [0.717, 1.165) is 13.0 Å². The maximum Gasteiger partial charge on any atom is 0.224 e. The molecular formula is C16H22ClN5. The highest BCUT2D eigenvalue weighted by atomic mass is 35.5. The summed E-state index contributed by atoms with van der Waals surface area (Å²) in [6, 6.07) is 2.82. The Bertz CT molecular complexity index is 595. The third-order valence-corrected chi connectivity index (χ3v) is 5.17. The van der Waals surface area contributed by atoms with Gasteiger partial charge in [-0.15, -0.1) is 0 Å². The lowest BCUT2D eigenvalue weighted by Gasteiger charge is -2.47. The molecule has 5 nitrogen and oxygen atoms in total. The Morgan fingerprint density at radius 3 is 3.14 bits per heavy atom. The fraction of sp³-hybridized carbons (Fsp3) is 0.688. The summed E-state index contributed by atoms with van der Waals surface area (Å²) in [5.41, 5.74) is 0.703.